The maximum Gasteiger partial charge on any atom is 0.319 e. The van der Waals surface area contributed by atoms with Crippen LogP contribution in [0.3, 0.4) is 0 Å². The molecule has 3 heterocycles. The number of ether oxygens (including phenoxy) is 2. The molecule has 0 aromatic carbocycles. The average Bonchev–Trinajstić information content (AvgIpc) is 2.70. The van der Waals surface area contributed by atoms with E-state index in [1.165, 1.54) is 0 Å². The monoisotopic (exact) mass is 398 g/mol. The summed E-state index contributed by atoms with van der Waals surface area (Å²) in [4.78, 5) is 15.7. The van der Waals surface area contributed by atoms with Crippen LogP contribution < -0.4 is 9.47 Å². The summed E-state index contributed by atoms with van der Waals surface area (Å²) in [7, 11) is 0. The standard InChI is InChI=1S/C22H30N4O3/c1-3-28-20-19(12-24-21(25-20)29-4-2)22(27)16-8-7-9-17(22)14-26(13-16)15-18-10-5-6-11-23-18/h5-6,10-12,16-17,27H,3-4,7-9,13-15H2,1-2H3/t16-,17-/m1/s1. The number of fused-ring (bicyclic) bond motifs is 2. The first-order valence-electron chi connectivity index (χ1n) is 10.6. The predicted octanol–water partition coefficient (Wildman–Crippen LogP) is 2.79. The molecular formula is C22H30N4O3. The van der Waals surface area contributed by atoms with Gasteiger partial charge in [-0.3, -0.25) is 9.88 Å². The Kier molecular flexibility index (Phi) is 5.96. The fraction of sp³-hybridized carbons (Fsp3) is 0.591. The maximum absolute atomic E-state index is 12.0. The first kappa shape index (κ1) is 20.0. The van der Waals surface area contributed by atoms with Crippen LogP contribution in [0, 0.1) is 11.8 Å². The molecule has 4 rings (SSSR count). The van der Waals surface area contributed by atoms with Crippen LogP contribution in [0.25, 0.3) is 0 Å². The van der Waals surface area contributed by atoms with E-state index in [2.05, 4.69) is 25.9 Å². The van der Waals surface area contributed by atoms with Crippen LogP contribution in [0.15, 0.2) is 30.6 Å². The summed E-state index contributed by atoms with van der Waals surface area (Å²) in [6, 6.07) is 6.31. The van der Waals surface area contributed by atoms with E-state index in [-0.39, 0.29) is 11.8 Å². The Labute approximate surface area is 172 Å². The largest absolute Gasteiger partial charge is 0.478 e. The zero-order valence-electron chi connectivity index (χ0n) is 17.3. The number of aromatic nitrogens is 3. The Bertz CT molecular complexity index is 803. The molecular weight excluding hydrogens is 368 g/mol. The Balaban J connectivity index is 1.62. The molecule has 156 valence electrons. The first-order valence-corrected chi connectivity index (χ1v) is 10.6. The van der Waals surface area contributed by atoms with Crippen molar-refractivity contribution in [2.24, 2.45) is 11.8 Å². The molecule has 2 fully saturated rings. The smallest absolute Gasteiger partial charge is 0.319 e. The quantitative estimate of drug-likeness (QED) is 0.768. The lowest BCUT2D eigenvalue weighted by molar-refractivity contribution is -0.150. The summed E-state index contributed by atoms with van der Waals surface area (Å²) >= 11 is 0. The lowest BCUT2D eigenvalue weighted by Crippen LogP contribution is -2.58. The average molecular weight is 399 g/mol. The Morgan fingerprint density at radius 1 is 1.10 bits per heavy atom. The molecule has 2 aromatic rings. The maximum atomic E-state index is 12.0. The molecule has 2 aromatic heterocycles. The predicted molar refractivity (Wildman–Crippen MR) is 109 cm³/mol. The number of piperidine rings is 1. The number of hydrogen-bond donors (Lipinski definition) is 1. The van der Waals surface area contributed by atoms with Crippen molar-refractivity contribution < 1.29 is 14.6 Å². The topological polar surface area (TPSA) is 80.6 Å². The second-order valence-electron chi connectivity index (χ2n) is 7.90. The lowest BCUT2D eigenvalue weighted by Gasteiger charge is -2.53. The Morgan fingerprint density at radius 2 is 1.86 bits per heavy atom. The van der Waals surface area contributed by atoms with Crippen molar-refractivity contribution in [3.05, 3.63) is 41.9 Å². The summed E-state index contributed by atoms with van der Waals surface area (Å²) in [5.41, 5.74) is 0.791. The van der Waals surface area contributed by atoms with Gasteiger partial charge in [0, 0.05) is 43.9 Å². The molecule has 0 amide bonds. The lowest BCUT2D eigenvalue weighted by atomic mass is 9.63. The number of hydrogen-bond acceptors (Lipinski definition) is 7. The normalized spacial score (nSPS) is 26.9. The molecule has 0 spiro atoms. The van der Waals surface area contributed by atoms with Crippen LogP contribution in [-0.2, 0) is 12.1 Å². The number of aliphatic hydroxyl groups is 1. The van der Waals surface area contributed by atoms with Crippen LogP contribution in [0.1, 0.15) is 44.4 Å². The highest BCUT2D eigenvalue weighted by atomic mass is 16.5. The van der Waals surface area contributed by atoms with Gasteiger partial charge in [0.05, 0.1) is 24.5 Å². The van der Waals surface area contributed by atoms with Crippen LogP contribution in [0.2, 0.25) is 0 Å². The van der Waals surface area contributed by atoms with Crippen LogP contribution >= 0.6 is 0 Å². The van der Waals surface area contributed by atoms with Crippen LogP contribution in [-0.4, -0.2) is 51.3 Å². The minimum Gasteiger partial charge on any atom is -0.478 e. The molecule has 2 atom stereocenters. The van der Waals surface area contributed by atoms with Gasteiger partial charge >= 0.3 is 6.01 Å². The molecule has 1 saturated carbocycles. The van der Waals surface area contributed by atoms with E-state index < -0.39 is 5.60 Å². The van der Waals surface area contributed by atoms with Gasteiger partial charge in [0.15, 0.2) is 0 Å². The van der Waals surface area contributed by atoms with Crippen molar-refractivity contribution in [2.75, 3.05) is 26.3 Å². The molecule has 1 saturated heterocycles. The van der Waals surface area contributed by atoms with E-state index >= 15 is 0 Å². The molecule has 7 heteroatoms. The van der Waals surface area contributed by atoms with E-state index in [0.29, 0.717) is 30.7 Å². The van der Waals surface area contributed by atoms with Crippen molar-refractivity contribution in [2.45, 2.75) is 45.3 Å². The molecule has 2 bridgehead atoms. The second-order valence-corrected chi connectivity index (χ2v) is 7.90. The van der Waals surface area contributed by atoms with Crippen LogP contribution in [0.4, 0.5) is 0 Å². The van der Waals surface area contributed by atoms with E-state index in [1.54, 1.807) is 6.20 Å². The SMILES string of the molecule is CCOc1ncc(C2(O)[C@@H]3CCC[C@@H]2CN(Cc2ccccn2)C3)c(OCC)n1. The summed E-state index contributed by atoms with van der Waals surface area (Å²) in [6.45, 7) is 7.24. The molecule has 7 nitrogen and oxygen atoms in total. The van der Waals surface area contributed by atoms with Crippen molar-refractivity contribution in [1.29, 1.82) is 0 Å². The van der Waals surface area contributed by atoms with Gasteiger partial charge in [0.2, 0.25) is 5.88 Å². The molecule has 0 unspecified atom stereocenters. The van der Waals surface area contributed by atoms with Crippen molar-refractivity contribution in [3.8, 4) is 11.9 Å². The van der Waals surface area contributed by atoms with Gasteiger partial charge in [-0.2, -0.15) is 4.98 Å². The third-order valence-electron chi connectivity index (χ3n) is 6.14. The van der Waals surface area contributed by atoms with E-state index in [9.17, 15) is 5.11 Å². The van der Waals surface area contributed by atoms with E-state index in [1.807, 2.05) is 32.2 Å². The third-order valence-corrected chi connectivity index (χ3v) is 6.14. The zero-order valence-corrected chi connectivity index (χ0v) is 17.3. The Morgan fingerprint density at radius 3 is 2.52 bits per heavy atom. The van der Waals surface area contributed by atoms with Gasteiger partial charge in [-0.1, -0.05) is 12.5 Å². The van der Waals surface area contributed by atoms with Crippen LogP contribution in [0.5, 0.6) is 11.9 Å². The molecule has 1 aliphatic carbocycles. The molecule has 1 N–H and O–H groups in total. The van der Waals surface area contributed by atoms with Crippen molar-refractivity contribution >= 4 is 0 Å². The highest BCUT2D eigenvalue weighted by Gasteiger charge is 2.53. The summed E-state index contributed by atoms with van der Waals surface area (Å²) in [5.74, 6) is 0.669. The van der Waals surface area contributed by atoms with Crippen molar-refractivity contribution in [3.63, 3.8) is 0 Å². The number of nitrogens with zero attached hydrogens (tertiary/aromatic N) is 4. The third kappa shape index (κ3) is 3.94. The highest BCUT2D eigenvalue weighted by molar-refractivity contribution is 5.34. The van der Waals surface area contributed by atoms with Gasteiger partial charge < -0.3 is 14.6 Å². The Hall–Kier alpha value is -2.25. The summed E-state index contributed by atoms with van der Waals surface area (Å²) in [6.07, 6.45) is 6.64. The van der Waals surface area contributed by atoms with Gasteiger partial charge in [0.25, 0.3) is 0 Å². The summed E-state index contributed by atoms with van der Waals surface area (Å²) < 4.78 is 11.3. The zero-order chi connectivity index (χ0) is 20.3. The van der Waals surface area contributed by atoms with E-state index in [4.69, 9.17) is 9.47 Å². The number of rotatable bonds is 7. The molecule has 29 heavy (non-hydrogen) atoms. The van der Waals surface area contributed by atoms with Gasteiger partial charge in [0.1, 0.15) is 5.60 Å². The summed E-state index contributed by atoms with van der Waals surface area (Å²) in [5, 5.41) is 12.0. The highest BCUT2D eigenvalue weighted by Crippen LogP contribution is 2.51. The molecule has 2 aliphatic rings. The fourth-order valence-electron chi connectivity index (χ4n) is 4.90. The first-order chi connectivity index (χ1) is 14.1. The van der Waals surface area contributed by atoms with Gasteiger partial charge in [-0.05, 0) is 38.8 Å². The second kappa shape index (κ2) is 8.63. The molecule has 0 radical (unpaired) electrons. The van der Waals surface area contributed by atoms with Gasteiger partial charge in [-0.25, -0.2) is 4.98 Å². The minimum atomic E-state index is -0.978. The van der Waals surface area contributed by atoms with E-state index in [0.717, 1.165) is 44.6 Å². The van der Waals surface area contributed by atoms with Gasteiger partial charge in [-0.15, -0.1) is 0 Å². The van der Waals surface area contributed by atoms with Crippen molar-refractivity contribution in [1.82, 2.24) is 19.9 Å². The fourth-order valence-corrected chi connectivity index (χ4v) is 4.90. The number of pyridine rings is 1. The molecule has 1 aliphatic heterocycles. The number of likely N-dealkylation sites (tertiary alicyclic amines) is 1. The minimum absolute atomic E-state index is 0.111.